The Morgan fingerprint density at radius 1 is 0.463 bits per heavy atom. The van der Waals surface area contributed by atoms with Gasteiger partial charge in [0.1, 0.15) is 11.6 Å². The molecule has 6 aromatic rings. The van der Waals surface area contributed by atoms with Crippen LogP contribution in [-0.4, -0.2) is 0 Å². The first-order chi connectivity index (χ1) is 19.6. The molecule has 0 saturated heterocycles. The van der Waals surface area contributed by atoms with E-state index in [-0.39, 0.29) is 11.1 Å². The van der Waals surface area contributed by atoms with Crippen molar-refractivity contribution in [2.75, 3.05) is 0 Å². The molecule has 0 aliphatic carbocycles. The van der Waals surface area contributed by atoms with Crippen molar-refractivity contribution in [3.8, 4) is 22.3 Å². The Hall–Kier alpha value is -3.00. The van der Waals surface area contributed by atoms with Gasteiger partial charge in [-0.25, -0.2) is 35.1 Å². The predicted molar refractivity (Wildman–Crippen MR) is 141 cm³/mol. The van der Waals surface area contributed by atoms with Gasteiger partial charge in [0.2, 0.25) is 0 Å². The number of fused-ring (bicyclic) bond motifs is 2. The van der Waals surface area contributed by atoms with Crippen molar-refractivity contribution in [1.82, 2.24) is 0 Å². The van der Waals surface area contributed by atoms with E-state index in [0.717, 1.165) is 21.5 Å². The third-order valence-electron chi connectivity index (χ3n) is 6.06. The van der Waals surface area contributed by atoms with E-state index < -0.39 is 67.4 Å². The van der Waals surface area contributed by atoms with Crippen molar-refractivity contribution in [1.29, 1.82) is 0 Å². The summed E-state index contributed by atoms with van der Waals surface area (Å²) in [5.74, 6) is -12.7. The summed E-state index contributed by atoms with van der Waals surface area (Å²) in [4.78, 5) is 0. The molecular formula is C30H14Cl2F8Zr. The molecule has 0 heterocycles. The maximum absolute atomic E-state index is 13.7. The van der Waals surface area contributed by atoms with Crippen LogP contribution in [0.3, 0.4) is 0 Å². The zero-order valence-electron chi connectivity index (χ0n) is 20.4. The quantitative estimate of drug-likeness (QED) is 0.0735. The molecule has 6 aromatic carbocycles. The molecule has 0 saturated carbocycles. The Kier molecular flexibility index (Phi) is 10.1. The van der Waals surface area contributed by atoms with Gasteiger partial charge < -0.3 is 0 Å². The molecule has 208 valence electrons. The molecule has 0 atom stereocenters. The fourth-order valence-electron chi connectivity index (χ4n) is 4.18. The zero-order valence-corrected chi connectivity index (χ0v) is 24.3. The van der Waals surface area contributed by atoms with Gasteiger partial charge in [-0.05, 0) is 23.3 Å². The first-order valence-corrected chi connectivity index (χ1v) is 17.8. The van der Waals surface area contributed by atoms with Gasteiger partial charge in [-0.1, -0.05) is 36.4 Å². The fourth-order valence-corrected chi connectivity index (χ4v) is 4.18. The van der Waals surface area contributed by atoms with Gasteiger partial charge >= 0.3 is 37.9 Å². The summed E-state index contributed by atoms with van der Waals surface area (Å²) in [6, 6.07) is 22.1. The first-order valence-electron chi connectivity index (χ1n) is 11.5. The Bertz CT molecular complexity index is 1650. The van der Waals surface area contributed by atoms with Crippen molar-refractivity contribution >= 4 is 38.6 Å². The molecule has 0 unspecified atom stereocenters. The molecule has 0 N–H and O–H groups in total. The summed E-state index contributed by atoms with van der Waals surface area (Å²) < 4.78 is 106. The SMILES string of the molecule is Fc1cc(-c2cc3ccccc3[cH-]2)c(F)c(F)c1F.Fc1cc(-c2cc3ccccc3[cH-]2)c(F)c(F)c1F.[Cl][Zr+2][Cl]. The zero-order chi connectivity index (χ0) is 29.8. The number of rotatable bonds is 2. The van der Waals surface area contributed by atoms with Crippen LogP contribution in [0, 0.1) is 46.5 Å². The molecule has 0 spiro atoms. The van der Waals surface area contributed by atoms with Crippen LogP contribution in [0.4, 0.5) is 35.1 Å². The molecule has 0 fully saturated rings. The van der Waals surface area contributed by atoms with Crippen LogP contribution in [0.15, 0.2) is 84.9 Å². The van der Waals surface area contributed by atoms with Gasteiger partial charge in [0.15, 0.2) is 34.9 Å². The predicted octanol–water partition coefficient (Wildman–Crippen LogP) is 10.9. The minimum absolute atomic E-state index is 0.285. The number of hydrogen-bond acceptors (Lipinski definition) is 0. The van der Waals surface area contributed by atoms with Gasteiger partial charge in [-0.2, -0.15) is 0 Å². The normalized spacial score (nSPS) is 10.6. The molecule has 0 aromatic heterocycles. The van der Waals surface area contributed by atoms with Crippen LogP contribution in [0.5, 0.6) is 0 Å². The van der Waals surface area contributed by atoms with Crippen molar-refractivity contribution in [2.45, 2.75) is 0 Å². The van der Waals surface area contributed by atoms with E-state index in [1.807, 2.05) is 0 Å². The molecule has 0 bridgehead atoms. The van der Waals surface area contributed by atoms with Crippen molar-refractivity contribution in [3.63, 3.8) is 0 Å². The molecule has 0 aliphatic rings. The Morgan fingerprint density at radius 3 is 1.15 bits per heavy atom. The first kappa shape index (κ1) is 31.0. The maximum atomic E-state index is 13.7. The Balaban J connectivity index is 0.000000173. The molecule has 0 nitrogen and oxygen atoms in total. The van der Waals surface area contributed by atoms with E-state index >= 15 is 0 Å². The molecule has 6 rings (SSSR count). The summed E-state index contributed by atoms with van der Waals surface area (Å²) in [7, 11) is 9.87. The van der Waals surface area contributed by atoms with Crippen LogP contribution < -0.4 is 0 Å². The van der Waals surface area contributed by atoms with Gasteiger partial charge in [-0.3, -0.25) is 0 Å². The van der Waals surface area contributed by atoms with Crippen molar-refractivity contribution in [3.05, 3.63) is 131 Å². The average molecular weight is 689 g/mol. The van der Waals surface area contributed by atoms with Gasteiger partial charge in [0.25, 0.3) is 0 Å². The molecule has 0 amide bonds. The molecule has 11 heteroatoms. The Labute approximate surface area is 247 Å². The van der Waals surface area contributed by atoms with E-state index in [0.29, 0.717) is 23.3 Å². The van der Waals surface area contributed by atoms with E-state index in [1.54, 1.807) is 72.8 Å². The summed E-state index contributed by atoms with van der Waals surface area (Å²) in [5.41, 5.74) is 0.0631. The summed E-state index contributed by atoms with van der Waals surface area (Å²) in [6.45, 7) is 0. The standard InChI is InChI=1S/2C15H7F4.2ClH.Zr/c2*16-12-7-11(13(17)15(19)14(12)18)10-5-8-3-1-2-4-9(8)6-10;;;/h2*1-7H;2*1H;/q2*-1;;;+4/p-2. The van der Waals surface area contributed by atoms with Crippen LogP contribution in [0.25, 0.3) is 43.8 Å². The van der Waals surface area contributed by atoms with E-state index in [1.165, 1.54) is 0 Å². The third kappa shape index (κ3) is 6.58. The second kappa shape index (κ2) is 13.3. The minimum atomic E-state index is -1.79. The summed E-state index contributed by atoms with van der Waals surface area (Å²) >= 11 is -0.826. The molecule has 0 radical (unpaired) electrons. The fraction of sp³-hybridized carbons (Fsp3) is 0. The van der Waals surface area contributed by atoms with Gasteiger partial charge in [0.05, 0.1) is 0 Å². The van der Waals surface area contributed by atoms with Crippen LogP contribution in [0.1, 0.15) is 0 Å². The molecular weight excluding hydrogens is 674 g/mol. The van der Waals surface area contributed by atoms with Gasteiger partial charge in [0, 0.05) is 0 Å². The number of hydrogen-bond donors (Lipinski definition) is 0. The van der Waals surface area contributed by atoms with Crippen molar-refractivity contribution in [2.24, 2.45) is 0 Å². The average Bonchev–Trinajstić information content (AvgIpc) is 3.60. The van der Waals surface area contributed by atoms with E-state index in [2.05, 4.69) is 0 Å². The third-order valence-corrected chi connectivity index (χ3v) is 6.06. The monoisotopic (exact) mass is 686 g/mol. The van der Waals surface area contributed by atoms with Crippen LogP contribution in [-0.2, 0) is 20.8 Å². The molecule has 41 heavy (non-hydrogen) atoms. The Morgan fingerprint density at radius 2 is 0.805 bits per heavy atom. The van der Waals surface area contributed by atoms with E-state index in [9.17, 15) is 35.1 Å². The van der Waals surface area contributed by atoms with Gasteiger partial charge in [-0.15, -0.1) is 69.1 Å². The second-order valence-electron chi connectivity index (χ2n) is 8.51. The molecule has 0 aliphatic heterocycles. The number of halogens is 10. The van der Waals surface area contributed by atoms with Crippen LogP contribution in [0.2, 0.25) is 0 Å². The summed E-state index contributed by atoms with van der Waals surface area (Å²) in [6.07, 6.45) is 0. The van der Waals surface area contributed by atoms with Crippen LogP contribution >= 0.6 is 17.0 Å². The second-order valence-corrected chi connectivity index (χ2v) is 12.2. The number of benzene rings is 4. The van der Waals surface area contributed by atoms with Crippen molar-refractivity contribution < 1.29 is 56.0 Å². The topological polar surface area (TPSA) is 0 Å². The summed E-state index contributed by atoms with van der Waals surface area (Å²) in [5, 5.41) is 3.29. The van der Waals surface area contributed by atoms with E-state index in [4.69, 9.17) is 17.0 Å².